The highest BCUT2D eigenvalue weighted by Gasteiger charge is 2.32. The van der Waals surface area contributed by atoms with Gasteiger partial charge in [-0.25, -0.2) is 9.59 Å². The van der Waals surface area contributed by atoms with Gasteiger partial charge in [0.25, 0.3) is 0 Å². The van der Waals surface area contributed by atoms with Gasteiger partial charge in [-0.1, -0.05) is 0 Å². The van der Waals surface area contributed by atoms with Gasteiger partial charge >= 0.3 is 12.0 Å². The number of amides is 2. The highest BCUT2D eigenvalue weighted by molar-refractivity contribution is 5.82. The van der Waals surface area contributed by atoms with Crippen LogP contribution in [0.5, 0.6) is 0 Å². The van der Waals surface area contributed by atoms with Crippen molar-refractivity contribution in [3.63, 3.8) is 0 Å². The molecular weight excluding hydrogens is 278 g/mol. The molecule has 21 heavy (non-hydrogen) atoms. The Kier molecular flexibility index (Phi) is 5.77. The lowest BCUT2D eigenvalue weighted by Crippen LogP contribution is -2.49. The molecule has 0 aliphatic carbocycles. The molecule has 8 heteroatoms. The molecule has 2 saturated heterocycles. The van der Waals surface area contributed by atoms with Crippen LogP contribution in [0.15, 0.2) is 0 Å². The van der Waals surface area contributed by atoms with Crippen LogP contribution in [-0.4, -0.2) is 90.1 Å². The first-order valence-electron chi connectivity index (χ1n) is 7.32. The van der Waals surface area contributed by atoms with Crippen molar-refractivity contribution in [2.75, 3.05) is 46.0 Å². The number of urea groups is 1. The van der Waals surface area contributed by atoms with Crippen molar-refractivity contribution in [3.8, 4) is 0 Å². The number of nitrogens with one attached hydrogen (secondary N) is 1. The third-order valence-corrected chi connectivity index (χ3v) is 4.03. The Hall–Kier alpha value is -1.38. The molecular formula is C13H23N3O5. The van der Waals surface area contributed by atoms with Gasteiger partial charge in [0, 0.05) is 45.2 Å². The van der Waals surface area contributed by atoms with Crippen LogP contribution >= 0.6 is 0 Å². The molecule has 2 aliphatic rings. The molecule has 0 spiro atoms. The zero-order valence-electron chi connectivity index (χ0n) is 12.0. The van der Waals surface area contributed by atoms with Crippen LogP contribution in [0.1, 0.15) is 12.8 Å². The fourth-order valence-electron chi connectivity index (χ4n) is 2.79. The van der Waals surface area contributed by atoms with Gasteiger partial charge < -0.3 is 25.2 Å². The van der Waals surface area contributed by atoms with Crippen LogP contribution in [0.4, 0.5) is 4.79 Å². The number of carbonyl (C=O) groups excluding carboxylic acids is 1. The largest absolute Gasteiger partial charge is 0.480 e. The summed E-state index contributed by atoms with van der Waals surface area (Å²) in [7, 11) is 0. The van der Waals surface area contributed by atoms with Gasteiger partial charge in [-0.2, -0.15) is 0 Å². The summed E-state index contributed by atoms with van der Waals surface area (Å²) >= 11 is 0. The monoisotopic (exact) mass is 301 g/mol. The molecule has 3 N–H and O–H groups in total. The summed E-state index contributed by atoms with van der Waals surface area (Å²) in [5, 5.41) is 20.3. The Morgan fingerprint density at radius 2 is 2.00 bits per heavy atom. The fourth-order valence-corrected chi connectivity index (χ4v) is 2.79. The van der Waals surface area contributed by atoms with Gasteiger partial charge in [0.05, 0.1) is 13.2 Å². The average Bonchev–Trinajstić information content (AvgIpc) is 2.97. The van der Waals surface area contributed by atoms with Gasteiger partial charge in [-0.3, -0.25) is 4.90 Å². The van der Waals surface area contributed by atoms with E-state index in [-0.39, 0.29) is 19.1 Å². The summed E-state index contributed by atoms with van der Waals surface area (Å²) < 4.78 is 5.32. The predicted molar refractivity (Wildman–Crippen MR) is 74.0 cm³/mol. The first-order valence-corrected chi connectivity index (χ1v) is 7.32. The molecule has 2 rings (SSSR count). The van der Waals surface area contributed by atoms with Gasteiger partial charge in [0.2, 0.25) is 0 Å². The normalized spacial score (nSPS) is 24.8. The number of hydrogen-bond acceptors (Lipinski definition) is 5. The SMILES string of the molecule is O=C(O)C(CCO)NC(=O)N1CCC(N2CCOCC2)C1. The number of morpholine rings is 1. The maximum Gasteiger partial charge on any atom is 0.326 e. The molecule has 2 amide bonds. The standard InChI is InChI=1S/C13H23N3O5/c17-6-2-11(12(18)19)14-13(20)16-3-1-10(9-16)15-4-7-21-8-5-15/h10-11,17H,1-9H2,(H,14,20)(H,18,19). The number of aliphatic hydroxyl groups is 1. The fraction of sp³-hybridized carbons (Fsp3) is 0.846. The average molecular weight is 301 g/mol. The molecule has 0 radical (unpaired) electrons. The van der Waals surface area contributed by atoms with E-state index < -0.39 is 12.0 Å². The molecule has 120 valence electrons. The van der Waals surface area contributed by atoms with E-state index in [1.807, 2.05) is 0 Å². The number of aliphatic hydroxyl groups excluding tert-OH is 1. The summed E-state index contributed by atoms with van der Waals surface area (Å²) in [5.74, 6) is -1.12. The van der Waals surface area contributed by atoms with E-state index in [0.29, 0.717) is 19.1 Å². The minimum Gasteiger partial charge on any atom is -0.480 e. The molecule has 0 saturated carbocycles. The number of hydrogen-bond donors (Lipinski definition) is 3. The van der Waals surface area contributed by atoms with Crippen molar-refractivity contribution in [2.45, 2.75) is 24.9 Å². The first-order chi connectivity index (χ1) is 10.1. The number of carbonyl (C=O) groups is 2. The van der Waals surface area contributed by atoms with E-state index >= 15 is 0 Å². The summed E-state index contributed by atoms with van der Waals surface area (Å²) in [4.78, 5) is 27.0. The van der Waals surface area contributed by atoms with Crippen LogP contribution in [0.3, 0.4) is 0 Å². The van der Waals surface area contributed by atoms with E-state index in [9.17, 15) is 9.59 Å². The quantitative estimate of drug-likeness (QED) is 0.598. The summed E-state index contributed by atoms with van der Waals surface area (Å²) in [6, 6.07) is -1.09. The number of nitrogens with zero attached hydrogens (tertiary/aromatic N) is 2. The van der Waals surface area contributed by atoms with E-state index in [1.54, 1.807) is 4.90 Å². The van der Waals surface area contributed by atoms with E-state index in [2.05, 4.69) is 10.2 Å². The van der Waals surface area contributed by atoms with Crippen molar-refractivity contribution >= 4 is 12.0 Å². The Balaban J connectivity index is 1.82. The second kappa shape index (κ2) is 7.58. The van der Waals surface area contributed by atoms with Crippen LogP contribution < -0.4 is 5.32 Å². The van der Waals surface area contributed by atoms with Crippen molar-refractivity contribution in [1.29, 1.82) is 0 Å². The Morgan fingerprint density at radius 1 is 1.29 bits per heavy atom. The minimum atomic E-state index is -1.12. The molecule has 0 aromatic carbocycles. The third-order valence-electron chi connectivity index (χ3n) is 4.03. The number of carboxylic acid groups (broad SMARTS) is 1. The molecule has 2 heterocycles. The minimum absolute atomic E-state index is 0.0157. The highest BCUT2D eigenvalue weighted by atomic mass is 16.5. The van der Waals surface area contributed by atoms with Crippen molar-refractivity contribution < 1.29 is 24.5 Å². The number of rotatable bonds is 5. The second-order valence-corrected chi connectivity index (χ2v) is 5.39. The topological polar surface area (TPSA) is 102 Å². The lowest BCUT2D eigenvalue weighted by Gasteiger charge is -2.32. The Bertz CT molecular complexity index is 373. The molecule has 2 atom stereocenters. The molecule has 2 unspecified atom stereocenters. The van der Waals surface area contributed by atoms with Crippen molar-refractivity contribution in [1.82, 2.24) is 15.1 Å². The van der Waals surface area contributed by atoms with Gasteiger partial charge in [0.15, 0.2) is 0 Å². The van der Waals surface area contributed by atoms with Gasteiger partial charge in [-0.05, 0) is 6.42 Å². The van der Waals surface area contributed by atoms with Crippen molar-refractivity contribution in [2.24, 2.45) is 0 Å². The summed E-state index contributed by atoms with van der Waals surface area (Å²) in [6.45, 7) is 4.16. The summed E-state index contributed by atoms with van der Waals surface area (Å²) in [6.07, 6.45) is 0.910. The Labute approximate surface area is 123 Å². The molecule has 2 fully saturated rings. The zero-order valence-corrected chi connectivity index (χ0v) is 12.0. The smallest absolute Gasteiger partial charge is 0.326 e. The van der Waals surface area contributed by atoms with E-state index in [4.69, 9.17) is 14.9 Å². The molecule has 2 aliphatic heterocycles. The molecule has 0 bridgehead atoms. The lowest BCUT2D eigenvalue weighted by molar-refractivity contribution is -0.139. The first kappa shape index (κ1) is 16.0. The van der Waals surface area contributed by atoms with Crippen molar-refractivity contribution in [3.05, 3.63) is 0 Å². The van der Waals surface area contributed by atoms with Gasteiger partial charge in [-0.15, -0.1) is 0 Å². The van der Waals surface area contributed by atoms with Gasteiger partial charge in [0.1, 0.15) is 6.04 Å². The number of aliphatic carboxylic acids is 1. The van der Waals surface area contributed by atoms with E-state index in [1.165, 1.54) is 0 Å². The Morgan fingerprint density at radius 3 is 2.62 bits per heavy atom. The van der Waals surface area contributed by atoms with Crippen LogP contribution in [0.2, 0.25) is 0 Å². The predicted octanol–water partition coefficient (Wildman–Crippen LogP) is -1.06. The van der Waals surface area contributed by atoms with Crippen LogP contribution in [0.25, 0.3) is 0 Å². The molecule has 0 aromatic rings. The zero-order chi connectivity index (χ0) is 15.2. The highest BCUT2D eigenvalue weighted by Crippen LogP contribution is 2.17. The van der Waals surface area contributed by atoms with E-state index in [0.717, 1.165) is 32.7 Å². The maximum atomic E-state index is 12.1. The molecule has 0 aromatic heterocycles. The lowest BCUT2D eigenvalue weighted by atomic mass is 10.2. The summed E-state index contributed by atoms with van der Waals surface area (Å²) in [5.41, 5.74) is 0. The number of carboxylic acids is 1. The number of ether oxygens (including phenoxy) is 1. The van der Waals surface area contributed by atoms with Crippen LogP contribution in [-0.2, 0) is 9.53 Å². The second-order valence-electron chi connectivity index (χ2n) is 5.39. The third kappa shape index (κ3) is 4.29. The maximum absolute atomic E-state index is 12.1. The molecule has 8 nitrogen and oxygen atoms in total. The van der Waals surface area contributed by atoms with Crippen LogP contribution in [0, 0.1) is 0 Å². The number of likely N-dealkylation sites (tertiary alicyclic amines) is 1.